The minimum absolute atomic E-state index is 0.755. The molecule has 1 N–H and O–H groups in total. The fourth-order valence-corrected chi connectivity index (χ4v) is 2.97. The largest absolute Gasteiger partial charge is 0.448 e. The first-order chi connectivity index (χ1) is 9.93. The Bertz CT molecular complexity index is 744. The van der Waals surface area contributed by atoms with Crippen LogP contribution in [0.1, 0.15) is 0 Å². The molecule has 4 heterocycles. The van der Waals surface area contributed by atoms with Crippen molar-refractivity contribution >= 4 is 11.3 Å². The number of hydrogen-bond donors (Lipinski definition) is 1. The number of imidazole rings is 1. The second-order valence-corrected chi connectivity index (χ2v) is 5.27. The third-order valence-electron chi connectivity index (χ3n) is 3.12. The normalized spacial score (nSPS) is 11.0. The molecular formula is C15H11N3OS. The summed E-state index contributed by atoms with van der Waals surface area (Å²) in [4.78, 5) is 8.95. The molecule has 4 rings (SSSR count). The molecule has 0 fully saturated rings. The summed E-state index contributed by atoms with van der Waals surface area (Å²) in [6, 6.07) is 11.9. The Morgan fingerprint density at radius 3 is 2.85 bits per heavy atom. The second kappa shape index (κ2) is 4.54. The van der Waals surface area contributed by atoms with E-state index in [9.17, 15) is 0 Å². The number of hydrogen-bond acceptors (Lipinski definition) is 3. The summed E-state index contributed by atoms with van der Waals surface area (Å²) >= 11 is 1.68. The molecule has 4 aromatic heterocycles. The van der Waals surface area contributed by atoms with E-state index in [1.807, 2.05) is 41.1 Å². The van der Waals surface area contributed by atoms with Crippen LogP contribution < -0.4 is 0 Å². The molecule has 0 aliphatic heterocycles. The predicted octanol–water partition coefficient (Wildman–Crippen LogP) is 4.19. The zero-order chi connectivity index (χ0) is 13.4. The van der Waals surface area contributed by atoms with Crippen molar-refractivity contribution in [1.82, 2.24) is 14.5 Å². The molecule has 0 spiro atoms. The number of nitrogens with zero attached hydrogens (tertiary/aromatic N) is 2. The number of thiophene rings is 1. The summed E-state index contributed by atoms with van der Waals surface area (Å²) in [5, 5.41) is 2.06. The van der Waals surface area contributed by atoms with Gasteiger partial charge >= 0.3 is 0 Å². The molecule has 4 aromatic rings. The molecule has 5 heteroatoms. The standard InChI is InChI=1S/C15H11N3OS/c1-4-11(16-7-1)15-14(12-5-3-9-20-12)17-10-18(15)13-6-2-8-19-13/h1-10,16H. The number of furan rings is 1. The van der Waals surface area contributed by atoms with Gasteiger partial charge in [0.2, 0.25) is 5.88 Å². The molecule has 0 radical (unpaired) electrons. The van der Waals surface area contributed by atoms with Crippen LogP contribution >= 0.6 is 11.3 Å². The fourth-order valence-electron chi connectivity index (χ4n) is 2.25. The van der Waals surface area contributed by atoms with Gasteiger partial charge in [-0.15, -0.1) is 11.3 Å². The van der Waals surface area contributed by atoms with E-state index in [4.69, 9.17) is 4.42 Å². The number of aromatic amines is 1. The minimum Gasteiger partial charge on any atom is -0.448 e. The van der Waals surface area contributed by atoms with Gasteiger partial charge in [0.25, 0.3) is 0 Å². The lowest BCUT2D eigenvalue weighted by Crippen LogP contribution is -1.94. The zero-order valence-electron chi connectivity index (χ0n) is 10.5. The van der Waals surface area contributed by atoms with Crippen molar-refractivity contribution in [2.24, 2.45) is 0 Å². The molecule has 0 aliphatic carbocycles. The van der Waals surface area contributed by atoms with Crippen LogP contribution in [0.15, 0.2) is 65.0 Å². The minimum atomic E-state index is 0.755. The van der Waals surface area contributed by atoms with Gasteiger partial charge < -0.3 is 9.40 Å². The van der Waals surface area contributed by atoms with Crippen molar-refractivity contribution < 1.29 is 4.42 Å². The molecule has 0 bridgehead atoms. The highest BCUT2D eigenvalue weighted by atomic mass is 32.1. The summed E-state index contributed by atoms with van der Waals surface area (Å²) in [5.41, 5.74) is 2.98. The predicted molar refractivity (Wildman–Crippen MR) is 78.9 cm³/mol. The third kappa shape index (κ3) is 1.71. The quantitative estimate of drug-likeness (QED) is 0.612. The average molecular weight is 281 g/mol. The van der Waals surface area contributed by atoms with Crippen LogP contribution in [0.5, 0.6) is 0 Å². The molecule has 4 nitrogen and oxygen atoms in total. The van der Waals surface area contributed by atoms with Crippen LogP contribution in [-0.4, -0.2) is 14.5 Å². The lowest BCUT2D eigenvalue weighted by molar-refractivity contribution is 0.539. The summed E-state index contributed by atoms with van der Waals surface area (Å²) in [5.74, 6) is 0.755. The molecule has 0 unspecified atom stereocenters. The molecule has 0 saturated heterocycles. The van der Waals surface area contributed by atoms with Gasteiger partial charge in [-0.3, -0.25) is 4.57 Å². The van der Waals surface area contributed by atoms with E-state index >= 15 is 0 Å². The summed E-state index contributed by atoms with van der Waals surface area (Å²) < 4.78 is 7.46. The van der Waals surface area contributed by atoms with Crippen molar-refractivity contribution in [2.75, 3.05) is 0 Å². The van der Waals surface area contributed by atoms with Crippen molar-refractivity contribution in [2.45, 2.75) is 0 Å². The first-order valence-corrected chi connectivity index (χ1v) is 7.10. The Hall–Kier alpha value is -2.53. The molecule has 20 heavy (non-hydrogen) atoms. The average Bonchev–Trinajstić information content (AvgIpc) is 3.23. The molecule has 0 atom stereocenters. The van der Waals surface area contributed by atoms with E-state index < -0.39 is 0 Å². The van der Waals surface area contributed by atoms with Crippen molar-refractivity contribution in [3.05, 3.63) is 60.6 Å². The van der Waals surface area contributed by atoms with Gasteiger partial charge in [0.05, 0.1) is 16.8 Å². The van der Waals surface area contributed by atoms with Gasteiger partial charge in [0.1, 0.15) is 17.7 Å². The van der Waals surface area contributed by atoms with Crippen LogP contribution in [0.3, 0.4) is 0 Å². The van der Waals surface area contributed by atoms with Crippen molar-refractivity contribution in [3.63, 3.8) is 0 Å². The molecule has 0 aromatic carbocycles. The molecule has 0 amide bonds. The molecule has 0 aliphatic rings. The maximum absolute atomic E-state index is 5.50. The van der Waals surface area contributed by atoms with Crippen LogP contribution in [-0.2, 0) is 0 Å². The van der Waals surface area contributed by atoms with E-state index in [1.165, 1.54) is 0 Å². The maximum atomic E-state index is 5.50. The molecule has 98 valence electrons. The number of H-pyrrole nitrogens is 1. The van der Waals surface area contributed by atoms with Crippen molar-refractivity contribution in [3.8, 4) is 27.8 Å². The lowest BCUT2D eigenvalue weighted by Gasteiger charge is -2.05. The smallest absolute Gasteiger partial charge is 0.205 e. The van der Waals surface area contributed by atoms with Gasteiger partial charge in [-0.05, 0) is 29.6 Å². The SMILES string of the molecule is c1c[nH]c(-c2c(-c3cccs3)ncn2-c2ccco2)c1. The Kier molecular flexibility index (Phi) is 2.57. The highest BCUT2D eigenvalue weighted by molar-refractivity contribution is 7.13. The molecular weight excluding hydrogens is 270 g/mol. The van der Waals surface area contributed by atoms with E-state index in [1.54, 1.807) is 23.9 Å². The van der Waals surface area contributed by atoms with Gasteiger partial charge in [0, 0.05) is 12.3 Å². The van der Waals surface area contributed by atoms with Crippen LogP contribution in [0, 0.1) is 0 Å². The summed E-state index contributed by atoms with van der Waals surface area (Å²) in [6.07, 6.45) is 5.37. The lowest BCUT2D eigenvalue weighted by atomic mass is 10.2. The first-order valence-electron chi connectivity index (χ1n) is 6.22. The number of aromatic nitrogens is 3. The van der Waals surface area contributed by atoms with E-state index in [2.05, 4.69) is 21.4 Å². The van der Waals surface area contributed by atoms with E-state index in [0.717, 1.165) is 27.8 Å². The Morgan fingerprint density at radius 1 is 1.15 bits per heavy atom. The topological polar surface area (TPSA) is 46.8 Å². The number of nitrogens with one attached hydrogen (secondary N) is 1. The van der Waals surface area contributed by atoms with Gasteiger partial charge in [-0.1, -0.05) is 6.07 Å². The highest BCUT2D eigenvalue weighted by Gasteiger charge is 2.18. The zero-order valence-corrected chi connectivity index (χ0v) is 11.3. The Balaban J connectivity index is 1.98. The first kappa shape index (κ1) is 11.3. The van der Waals surface area contributed by atoms with Crippen LogP contribution in [0.4, 0.5) is 0 Å². The Morgan fingerprint density at radius 2 is 2.15 bits per heavy atom. The Labute approximate surface area is 119 Å². The monoisotopic (exact) mass is 281 g/mol. The highest BCUT2D eigenvalue weighted by Crippen LogP contribution is 2.34. The van der Waals surface area contributed by atoms with E-state index in [-0.39, 0.29) is 0 Å². The van der Waals surface area contributed by atoms with Crippen LogP contribution in [0.25, 0.3) is 27.8 Å². The molecule has 0 saturated carbocycles. The second-order valence-electron chi connectivity index (χ2n) is 4.32. The van der Waals surface area contributed by atoms with Gasteiger partial charge in [0.15, 0.2) is 0 Å². The maximum Gasteiger partial charge on any atom is 0.205 e. The van der Waals surface area contributed by atoms with Crippen LogP contribution in [0.2, 0.25) is 0 Å². The van der Waals surface area contributed by atoms with Gasteiger partial charge in [-0.2, -0.15) is 0 Å². The third-order valence-corrected chi connectivity index (χ3v) is 4.00. The number of rotatable bonds is 3. The summed E-state index contributed by atoms with van der Waals surface area (Å²) in [6.45, 7) is 0. The fraction of sp³-hybridized carbons (Fsp3) is 0. The summed E-state index contributed by atoms with van der Waals surface area (Å²) in [7, 11) is 0. The van der Waals surface area contributed by atoms with Crippen molar-refractivity contribution in [1.29, 1.82) is 0 Å². The van der Waals surface area contributed by atoms with Gasteiger partial charge in [-0.25, -0.2) is 4.98 Å². The van der Waals surface area contributed by atoms with E-state index in [0.29, 0.717) is 0 Å².